The molecule has 2 aromatic rings. The fourth-order valence-corrected chi connectivity index (χ4v) is 2.58. The molecule has 3 rings (SSSR count). The van der Waals surface area contributed by atoms with Crippen LogP contribution in [0, 0.1) is 0 Å². The van der Waals surface area contributed by atoms with E-state index in [1.807, 2.05) is 4.98 Å². The summed E-state index contributed by atoms with van der Waals surface area (Å²) in [5, 5.41) is 20.2. The maximum atomic E-state index is 12.0. The first-order chi connectivity index (χ1) is 12.4. The Morgan fingerprint density at radius 1 is 1.19 bits per heavy atom. The van der Waals surface area contributed by atoms with Gasteiger partial charge in [-0.3, -0.25) is 14.3 Å². The van der Waals surface area contributed by atoms with E-state index in [2.05, 4.69) is 0 Å². The molecule has 0 unspecified atom stereocenters. The lowest BCUT2D eigenvalue weighted by molar-refractivity contribution is -0.0599. The number of aromatic nitrogens is 2. The Balaban J connectivity index is 1.68. The van der Waals surface area contributed by atoms with Gasteiger partial charge in [-0.1, -0.05) is 0 Å². The van der Waals surface area contributed by atoms with Gasteiger partial charge >= 0.3 is 11.7 Å². The van der Waals surface area contributed by atoms with E-state index < -0.39 is 41.8 Å². The number of aliphatic hydroxyl groups is 2. The molecule has 0 amide bonds. The van der Waals surface area contributed by atoms with Crippen molar-refractivity contribution >= 4 is 11.7 Å². The molecule has 26 heavy (non-hydrogen) atoms. The number of nitrogens with zero attached hydrogens (tertiary/aromatic N) is 1. The number of nitrogens with two attached hydrogens (primary N) is 1. The van der Waals surface area contributed by atoms with E-state index in [1.54, 1.807) is 12.1 Å². The van der Waals surface area contributed by atoms with Gasteiger partial charge < -0.3 is 25.4 Å². The van der Waals surface area contributed by atoms with Crippen LogP contribution in [-0.4, -0.2) is 50.7 Å². The SMILES string of the molecule is Nc1ccc(C(=O)OC[C@H]2O[C@@H](n3ccc(=O)[nH]c3=O)[C@H](O)[C@@H]2O)cc1. The molecule has 0 bridgehead atoms. The minimum absolute atomic E-state index is 0.264. The Hall–Kier alpha value is -2.95. The fourth-order valence-electron chi connectivity index (χ4n) is 2.58. The molecule has 5 N–H and O–H groups in total. The Bertz CT molecular complexity index is 905. The topological polar surface area (TPSA) is 157 Å². The number of hydrogen-bond donors (Lipinski definition) is 4. The van der Waals surface area contributed by atoms with Crippen LogP contribution in [0.2, 0.25) is 0 Å². The van der Waals surface area contributed by atoms with Crippen molar-refractivity contribution < 1.29 is 24.5 Å². The molecule has 138 valence electrons. The van der Waals surface area contributed by atoms with E-state index in [9.17, 15) is 24.6 Å². The van der Waals surface area contributed by atoms with Crippen LogP contribution in [-0.2, 0) is 9.47 Å². The van der Waals surface area contributed by atoms with Crippen LogP contribution in [0.5, 0.6) is 0 Å². The van der Waals surface area contributed by atoms with E-state index in [0.29, 0.717) is 5.69 Å². The van der Waals surface area contributed by atoms with E-state index in [-0.39, 0.29) is 12.2 Å². The van der Waals surface area contributed by atoms with Crippen molar-refractivity contribution in [3.63, 3.8) is 0 Å². The predicted octanol–water partition coefficient (Wildman–Crippen LogP) is -1.40. The van der Waals surface area contributed by atoms with Gasteiger partial charge in [0, 0.05) is 18.0 Å². The number of esters is 1. The summed E-state index contributed by atoms with van der Waals surface area (Å²) in [6, 6.07) is 7.14. The van der Waals surface area contributed by atoms with Crippen LogP contribution in [0.25, 0.3) is 0 Å². The first-order valence-electron chi connectivity index (χ1n) is 7.72. The highest BCUT2D eigenvalue weighted by molar-refractivity contribution is 5.89. The van der Waals surface area contributed by atoms with E-state index in [1.165, 1.54) is 12.1 Å². The lowest BCUT2D eigenvalue weighted by Crippen LogP contribution is -2.37. The monoisotopic (exact) mass is 363 g/mol. The summed E-state index contributed by atoms with van der Waals surface area (Å²) in [7, 11) is 0. The van der Waals surface area contributed by atoms with Gasteiger partial charge in [0.15, 0.2) is 6.23 Å². The van der Waals surface area contributed by atoms with Crippen molar-refractivity contribution in [3.8, 4) is 0 Å². The molecule has 0 spiro atoms. The molecule has 1 aromatic carbocycles. The van der Waals surface area contributed by atoms with E-state index in [0.717, 1.165) is 16.8 Å². The summed E-state index contributed by atoms with van der Waals surface area (Å²) < 4.78 is 11.5. The predicted molar refractivity (Wildman–Crippen MR) is 88.4 cm³/mol. The number of benzene rings is 1. The van der Waals surface area contributed by atoms with E-state index in [4.69, 9.17) is 15.2 Å². The third-order valence-electron chi connectivity index (χ3n) is 3.99. The smallest absolute Gasteiger partial charge is 0.338 e. The highest BCUT2D eigenvalue weighted by Gasteiger charge is 2.44. The van der Waals surface area contributed by atoms with Crippen molar-refractivity contribution in [1.82, 2.24) is 9.55 Å². The van der Waals surface area contributed by atoms with Gasteiger partial charge in [-0.15, -0.1) is 0 Å². The zero-order chi connectivity index (χ0) is 18.8. The number of rotatable bonds is 4. The second-order valence-electron chi connectivity index (χ2n) is 5.78. The fraction of sp³-hybridized carbons (Fsp3) is 0.312. The Morgan fingerprint density at radius 2 is 1.88 bits per heavy atom. The maximum absolute atomic E-state index is 12.0. The molecular formula is C16H17N3O7. The third kappa shape index (κ3) is 3.52. The number of H-pyrrole nitrogens is 1. The standard InChI is InChI=1S/C16H17N3O7/c17-9-3-1-8(2-4-9)15(23)25-7-10-12(21)13(22)14(26-10)19-6-5-11(20)18-16(19)24/h1-6,10,12-14,21-22H,7,17H2,(H,18,20,24)/t10-,12-,13-,14-/m1/s1. The Labute approximate surface area is 146 Å². The molecule has 0 saturated carbocycles. The number of carbonyl (C=O) groups is 1. The van der Waals surface area contributed by atoms with Gasteiger partial charge in [0.25, 0.3) is 5.56 Å². The quantitative estimate of drug-likeness (QED) is 0.381. The zero-order valence-electron chi connectivity index (χ0n) is 13.4. The van der Waals surface area contributed by atoms with Crippen molar-refractivity contribution in [2.24, 2.45) is 0 Å². The highest BCUT2D eigenvalue weighted by atomic mass is 16.6. The Kier molecular flexibility index (Phi) is 4.89. The number of nitrogens with one attached hydrogen (secondary N) is 1. The summed E-state index contributed by atoms with van der Waals surface area (Å²) in [6.45, 7) is -0.337. The van der Waals surface area contributed by atoms with Crippen LogP contribution < -0.4 is 17.0 Å². The number of aliphatic hydroxyl groups excluding tert-OH is 2. The van der Waals surface area contributed by atoms with Crippen molar-refractivity contribution in [3.05, 3.63) is 62.9 Å². The minimum Gasteiger partial charge on any atom is -0.459 e. The largest absolute Gasteiger partial charge is 0.459 e. The highest BCUT2D eigenvalue weighted by Crippen LogP contribution is 2.28. The van der Waals surface area contributed by atoms with Crippen molar-refractivity contribution in [2.75, 3.05) is 12.3 Å². The average molecular weight is 363 g/mol. The van der Waals surface area contributed by atoms with Crippen LogP contribution in [0.1, 0.15) is 16.6 Å². The molecule has 4 atom stereocenters. The van der Waals surface area contributed by atoms with Crippen molar-refractivity contribution in [1.29, 1.82) is 0 Å². The molecule has 0 radical (unpaired) electrons. The number of anilines is 1. The van der Waals surface area contributed by atoms with E-state index >= 15 is 0 Å². The normalized spacial score (nSPS) is 25.2. The average Bonchev–Trinajstić information content (AvgIpc) is 2.88. The third-order valence-corrected chi connectivity index (χ3v) is 3.99. The number of aromatic amines is 1. The second kappa shape index (κ2) is 7.12. The summed E-state index contributed by atoms with van der Waals surface area (Å²) in [4.78, 5) is 36.9. The molecule has 10 heteroatoms. The summed E-state index contributed by atoms with van der Waals surface area (Å²) >= 11 is 0. The maximum Gasteiger partial charge on any atom is 0.338 e. The molecule has 1 aromatic heterocycles. The van der Waals surface area contributed by atoms with Crippen LogP contribution in [0.3, 0.4) is 0 Å². The molecule has 1 aliphatic rings. The number of nitrogen functional groups attached to an aromatic ring is 1. The summed E-state index contributed by atoms with van der Waals surface area (Å²) in [5.74, 6) is -0.653. The molecule has 1 saturated heterocycles. The first-order valence-corrected chi connectivity index (χ1v) is 7.72. The number of carbonyl (C=O) groups excluding carboxylic acids is 1. The van der Waals surface area contributed by atoms with Gasteiger partial charge in [-0.05, 0) is 24.3 Å². The van der Waals surface area contributed by atoms with Crippen LogP contribution in [0.15, 0.2) is 46.1 Å². The molecule has 0 aliphatic carbocycles. The number of hydrogen-bond acceptors (Lipinski definition) is 8. The lowest BCUT2D eigenvalue weighted by Gasteiger charge is -2.16. The second-order valence-corrected chi connectivity index (χ2v) is 5.78. The van der Waals surface area contributed by atoms with Gasteiger partial charge in [0.2, 0.25) is 0 Å². The molecule has 1 fully saturated rings. The Morgan fingerprint density at radius 3 is 2.54 bits per heavy atom. The van der Waals surface area contributed by atoms with Gasteiger partial charge in [-0.2, -0.15) is 0 Å². The van der Waals surface area contributed by atoms with Crippen LogP contribution in [0.4, 0.5) is 5.69 Å². The lowest BCUT2D eigenvalue weighted by atomic mass is 10.1. The zero-order valence-corrected chi connectivity index (χ0v) is 13.4. The molecule has 1 aliphatic heterocycles. The van der Waals surface area contributed by atoms with Gasteiger partial charge in [0.1, 0.15) is 24.9 Å². The summed E-state index contributed by atoms with van der Waals surface area (Å²) in [6.07, 6.45) is -3.97. The summed E-state index contributed by atoms with van der Waals surface area (Å²) in [5.41, 5.74) is 4.90. The molecule has 10 nitrogen and oxygen atoms in total. The molecule has 2 heterocycles. The van der Waals surface area contributed by atoms with Gasteiger partial charge in [-0.25, -0.2) is 9.59 Å². The minimum atomic E-state index is -1.45. The van der Waals surface area contributed by atoms with Crippen LogP contribution >= 0.6 is 0 Å². The number of ether oxygens (including phenoxy) is 2. The van der Waals surface area contributed by atoms with Crippen molar-refractivity contribution in [2.45, 2.75) is 24.5 Å². The molecular weight excluding hydrogens is 346 g/mol. The van der Waals surface area contributed by atoms with Gasteiger partial charge in [0.05, 0.1) is 5.56 Å². The first kappa shape index (κ1) is 17.9.